The van der Waals surface area contributed by atoms with Crippen LogP contribution in [0.25, 0.3) is 0 Å². The second kappa shape index (κ2) is 25.2. The number of rotatable bonds is 25. The van der Waals surface area contributed by atoms with Crippen LogP contribution in [0.5, 0.6) is 0 Å². The highest BCUT2D eigenvalue weighted by Gasteiger charge is 2.43. The third kappa shape index (κ3) is 14.3. The van der Waals surface area contributed by atoms with Crippen molar-refractivity contribution in [1.82, 2.24) is 25.3 Å². The molecule has 14 heteroatoms. The topological polar surface area (TPSA) is 184 Å². The van der Waals surface area contributed by atoms with Crippen molar-refractivity contribution in [3.05, 3.63) is 35.9 Å². The lowest BCUT2D eigenvalue weighted by Crippen LogP contribution is -2.60. The Labute approximate surface area is 354 Å². The zero-order chi connectivity index (χ0) is 44.6. The minimum Gasteiger partial charge on any atom is -0.386 e. The maximum Gasteiger partial charge on any atom is 0.245 e. The first-order chi connectivity index (χ1) is 27.9. The van der Waals surface area contributed by atoms with Gasteiger partial charge in [0.1, 0.15) is 12.1 Å². The number of hydrogen-bond acceptors (Lipinski definition) is 9. The molecule has 5 N–H and O–H groups in total. The number of carbonyl (C=O) groups excluding carboxylic acids is 5. The summed E-state index contributed by atoms with van der Waals surface area (Å²) in [6.07, 6.45) is 2.57. The van der Waals surface area contributed by atoms with Crippen molar-refractivity contribution in [3.63, 3.8) is 0 Å². The van der Waals surface area contributed by atoms with Gasteiger partial charge in [-0.2, -0.15) is 0 Å². The normalized spacial score (nSPS) is 18.9. The Morgan fingerprint density at radius 1 is 0.881 bits per heavy atom. The number of nitrogens with zero attached hydrogens (tertiary/aromatic N) is 3. The molecule has 2 rings (SSSR count). The quantitative estimate of drug-likeness (QED) is 0.105. The van der Waals surface area contributed by atoms with Crippen molar-refractivity contribution in [1.29, 1.82) is 0 Å². The number of methoxy groups -OCH3 is 2. The number of aliphatic hydroxyl groups excluding tert-OH is 1. The molecule has 0 radical (unpaired) electrons. The van der Waals surface area contributed by atoms with E-state index >= 15 is 0 Å². The minimum absolute atomic E-state index is 0.0107. The Hall–Kier alpha value is -3.59. The summed E-state index contributed by atoms with van der Waals surface area (Å²) in [5.74, 6) is -2.47. The van der Waals surface area contributed by atoms with Crippen molar-refractivity contribution in [2.24, 2.45) is 29.4 Å². The van der Waals surface area contributed by atoms with Crippen molar-refractivity contribution < 1.29 is 38.6 Å². The Balaban J connectivity index is 2.26. The predicted octanol–water partition coefficient (Wildman–Crippen LogP) is 4.29. The van der Waals surface area contributed by atoms with Gasteiger partial charge < -0.3 is 45.6 Å². The van der Waals surface area contributed by atoms with Gasteiger partial charge in [0.25, 0.3) is 0 Å². The zero-order valence-electron chi connectivity index (χ0n) is 38.1. The molecule has 1 aliphatic heterocycles. The van der Waals surface area contributed by atoms with Crippen LogP contribution in [0.3, 0.4) is 0 Å². The van der Waals surface area contributed by atoms with Crippen LogP contribution in [0.2, 0.25) is 0 Å². The summed E-state index contributed by atoms with van der Waals surface area (Å²) in [6.45, 7) is 16.1. The van der Waals surface area contributed by atoms with E-state index in [1.807, 2.05) is 71.9 Å². The van der Waals surface area contributed by atoms with E-state index in [-0.39, 0.29) is 53.8 Å². The van der Waals surface area contributed by atoms with Crippen LogP contribution >= 0.6 is 0 Å². The van der Waals surface area contributed by atoms with Crippen molar-refractivity contribution >= 4 is 29.5 Å². The smallest absolute Gasteiger partial charge is 0.245 e. The van der Waals surface area contributed by atoms with Crippen molar-refractivity contribution in [2.45, 2.75) is 155 Å². The molecule has 336 valence electrons. The van der Waals surface area contributed by atoms with Gasteiger partial charge >= 0.3 is 0 Å². The molecule has 0 aliphatic carbocycles. The maximum absolute atomic E-state index is 14.5. The first kappa shape index (κ1) is 51.6. The highest BCUT2D eigenvalue weighted by molar-refractivity contribution is 5.92. The molecule has 0 saturated carbocycles. The monoisotopic (exact) mass is 831 g/mol. The molecule has 0 bridgehead atoms. The van der Waals surface area contributed by atoms with Crippen LogP contribution in [0.15, 0.2) is 30.3 Å². The Morgan fingerprint density at radius 2 is 1.53 bits per heavy atom. The number of amides is 5. The Morgan fingerprint density at radius 3 is 2.07 bits per heavy atom. The number of nitrogens with two attached hydrogens (primary N) is 1. The minimum atomic E-state index is -0.893. The second-order valence-corrected chi connectivity index (χ2v) is 17.3. The fourth-order valence-corrected chi connectivity index (χ4v) is 8.51. The number of nitrogens with one attached hydrogen (secondary N) is 2. The molecule has 1 aliphatic rings. The van der Waals surface area contributed by atoms with Gasteiger partial charge in [-0.25, -0.2) is 0 Å². The Bertz CT molecular complexity index is 1460. The molecule has 10 atom stereocenters. The van der Waals surface area contributed by atoms with E-state index in [4.69, 9.17) is 15.2 Å². The lowest BCUT2D eigenvalue weighted by Gasteiger charge is -2.41. The molecule has 14 nitrogen and oxygen atoms in total. The molecular formula is C45H78N6O8. The largest absolute Gasteiger partial charge is 0.386 e. The molecule has 59 heavy (non-hydrogen) atoms. The average molecular weight is 831 g/mol. The Kier molecular flexibility index (Phi) is 22.1. The molecule has 1 aromatic rings. The van der Waals surface area contributed by atoms with Crippen LogP contribution in [-0.4, -0.2) is 133 Å². The first-order valence-corrected chi connectivity index (χ1v) is 21.8. The van der Waals surface area contributed by atoms with Crippen LogP contribution in [0.1, 0.15) is 118 Å². The van der Waals surface area contributed by atoms with Gasteiger partial charge in [0.15, 0.2) is 0 Å². The standard InChI is InChI=1S/C45H78N6O8/c1-13-30(6)40(50(10)45(57)38(28(2)3)48-44(56)39(29(4)5)49(9)36(52)24-18-15-19-25-46)35(58-11)27-37(53)51-26-20-23-34(51)42(59-12)31(7)43(55)47-32(8)41(54)33-21-16-14-17-22-33/h14,16-17,21-22,28-32,34-35,38-42,54H,13,15,18-20,23-27,46H2,1-12H3,(H,47,55)(H,48,56)/t30-,31+,32+,34-,35?,38-,39-,40-,41+,42?/m0/s1. The number of hydrogen-bond donors (Lipinski definition) is 4. The summed E-state index contributed by atoms with van der Waals surface area (Å²) in [7, 11) is 6.42. The van der Waals surface area contributed by atoms with Gasteiger partial charge in [0.2, 0.25) is 29.5 Å². The van der Waals surface area contributed by atoms with Crippen LogP contribution < -0.4 is 16.4 Å². The number of ether oxygens (including phenoxy) is 2. The molecule has 2 unspecified atom stereocenters. The molecule has 5 amide bonds. The van der Waals surface area contributed by atoms with Crippen LogP contribution in [0, 0.1) is 23.7 Å². The van der Waals surface area contributed by atoms with E-state index in [0.29, 0.717) is 44.3 Å². The van der Waals surface area contributed by atoms with Crippen LogP contribution in [0.4, 0.5) is 0 Å². The average Bonchev–Trinajstić information content (AvgIpc) is 3.70. The summed E-state index contributed by atoms with van der Waals surface area (Å²) in [5.41, 5.74) is 6.31. The van der Waals surface area contributed by atoms with E-state index in [0.717, 1.165) is 19.3 Å². The van der Waals surface area contributed by atoms with Gasteiger partial charge in [0, 0.05) is 41.3 Å². The molecule has 1 heterocycles. The summed E-state index contributed by atoms with van der Waals surface area (Å²) < 4.78 is 12.0. The number of aliphatic hydroxyl groups is 1. The summed E-state index contributed by atoms with van der Waals surface area (Å²) in [5, 5.41) is 16.8. The second-order valence-electron chi connectivity index (χ2n) is 17.3. The molecular weight excluding hydrogens is 753 g/mol. The number of carbonyl (C=O) groups is 5. The van der Waals surface area contributed by atoms with Gasteiger partial charge in [0.05, 0.1) is 48.8 Å². The van der Waals surface area contributed by atoms with E-state index in [2.05, 4.69) is 10.6 Å². The highest BCUT2D eigenvalue weighted by atomic mass is 16.5. The number of likely N-dealkylation sites (tertiary alicyclic amines) is 1. The number of benzene rings is 1. The third-order valence-electron chi connectivity index (χ3n) is 12.3. The highest BCUT2D eigenvalue weighted by Crippen LogP contribution is 2.30. The van der Waals surface area contributed by atoms with Crippen molar-refractivity contribution in [3.8, 4) is 0 Å². The number of likely N-dealkylation sites (N-methyl/N-ethyl adjacent to an activating group) is 2. The molecule has 1 saturated heterocycles. The lowest BCUT2D eigenvalue weighted by molar-refractivity contribution is -0.148. The van der Waals surface area contributed by atoms with Gasteiger partial charge in [-0.15, -0.1) is 0 Å². The van der Waals surface area contributed by atoms with E-state index in [9.17, 15) is 29.1 Å². The summed E-state index contributed by atoms with van der Waals surface area (Å²) in [6, 6.07) is 6.05. The first-order valence-electron chi connectivity index (χ1n) is 21.8. The molecule has 1 fully saturated rings. The molecule has 1 aromatic carbocycles. The lowest BCUT2D eigenvalue weighted by atomic mass is 9.89. The fourth-order valence-electron chi connectivity index (χ4n) is 8.51. The van der Waals surface area contributed by atoms with Gasteiger partial charge in [-0.3, -0.25) is 24.0 Å². The summed E-state index contributed by atoms with van der Waals surface area (Å²) in [4.78, 5) is 74.2. The summed E-state index contributed by atoms with van der Waals surface area (Å²) >= 11 is 0. The van der Waals surface area contributed by atoms with E-state index in [1.165, 1.54) is 4.90 Å². The fraction of sp³-hybridized carbons (Fsp3) is 0.756. The van der Waals surface area contributed by atoms with Crippen LogP contribution in [-0.2, 0) is 33.4 Å². The SMILES string of the molecule is CC[C@H](C)[C@@H](C(CC(=O)N1CCC[C@H]1C(OC)[C@@H](C)C(=O)N[C@H](C)[C@@H](O)c1ccccc1)OC)N(C)C(=O)[C@@H](NC(=O)[C@H](C(C)C)N(C)C(=O)CCCCCN)C(C)C. The third-order valence-corrected chi connectivity index (χ3v) is 12.3. The zero-order valence-corrected chi connectivity index (χ0v) is 38.1. The van der Waals surface area contributed by atoms with Gasteiger partial charge in [-0.05, 0) is 62.5 Å². The van der Waals surface area contributed by atoms with E-state index < -0.39 is 54.3 Å². The molecule has 0 spiro atoms. The number of unbranched alkanes of at least 4 members (excludes halogenated alkanes) is 2. The maximum atomic E-state index is 14.5. The van der Waals surface area contributed by atoms with Crippen molar-refractivity contribution in [2.75, 3.05) is 41.4 Å². The predicted molar refractivity (Wildman–Crippen MR) is 231 cm³/mol. The molecule has 0 aromatic heterocycles. The van der Waals surface area contributed by atoms with Gasteiger partial charge in [-0.1, -0.05) is 91.6 Å². The van der Waals surface area contributed by atoms with E-state index in [1.54, 1.807) is 52.0 Å².